The Morgan fingerprint density at radius 1 is 0.618 bits per heavy atom. The summed E-state index contributed by atoms with van der Waals surface area (Å²) in [7, 11) is 1.29. The fraction of sp³-hybridized carbons (Fsp3) is 0.559. The summed E-state index contributed by atoms with van der Waals surface area (Å²) in [4.78, 5) is 22.2. The van der Waals surface area contributed by atoms with E-state index in [1.807, 2.05) is 14.7 Å². The molecule has 0 bridgehead atoms. The second-order valence-electron chi connectivity index (χ2n) is 12.8. The molecule has 21 heteroatoms. The minimum atomic E-state index is -4.38. The van der Waals surface area contributed by atoms with Gasteiger partial charge in [-0.1, -0.05) is 15.9 Å². The van der Waals surface area contributed by atoms with Crippen molar-refractivity contribution in [2.45, 2.75) is 73.2 Å². The first-order chi connectivity index (χ1) is 25.8. The van der Waals surface area contributed by atoms with Crippen LogP contribution in [0.5, 0.6) is 0 Å². The van der Waals surface area contributed by atoms with Gasteiger partial charge in [-0.15, -0.1) is 4.33 Å². The topological polar surface area (TPSA) is 104 Å². The normalized spacial score (nSPS) is 18.6. The Hall–Kier alpha value is -3.27. The van der Waals surface area contributed by atoms with Gasteiger partial charge in [0.05, 0.1) is 35.2 Å². The SMILES string of the molecule is COOS(=O)C1CCN(c2ccc(C(F)(F)F)cn2)CC1.FC(F)(F)c1ccc(N2CCC(Br)CC2)nc1.OC1CCN(c2ccc(C(F)(F)F)cn2)CC1. The Labute approximate surface area is 322 Å². The maximum atomic E-state index is 12.5. The lowest BCUT2D eigenvalue weighted by atomic mass is 10.1. The third-order valence-electron chi connectivity index (χ3n) is 8.94. The number of anilines is 3. The van der Waals surface area contributed by atoms with Gasteiger partial charge >= 0.3 is 18.5 Å². The Balaban J connectivity index is 0.000000185. The van der Waals surface area contributed by atoms with Crippen molar-refractivity contribution in [2.75, 3.05) is 61.1 Å². The van der Waals surface area contributed by atoms with Crippen LogP contribution in [0.3, 0.4) is 0 Å². The van der Waals surface area contributed by atoms with Crippen molar-refractivity contribution in [3.8, 4) is 0 Å². The van der Waals surface area contributed by atoms with Crippen LogP contribution in [-0.4, -0.2) is 86.8 Å². The Bertz CT molecular complexity index is 1540. The lowest BCUT2D eigenvalue weighted by Gasteiger charge is -2.31. The van der Waals surface area contributed by atoms with Gasteiger partial charge in [0, 0.05) is 62.7 Å². The van der Waals surface area contributed by atoms with E-state index in [2.05, 4.69) is 40.1 Å². The zero-order valence-electron chi connectivity index (χ0n) is 29.5. The highest BCUT2D eigenvalue weighted by Crippen LogP contribution is 2.32. The first-order valence-corrected chi connectivity index (χ1v) is 19.2. The molecule has 6 rings (SSSR count). The van der Waals surface area contributed by atoms with Crippen molar-refractivity contribution >= 4 is 44.5 Å². The molecule has 3 aromatic heterocycles. The number of hydrogen-bond acceptors (Lipinski definition) is 10. The molecular formula is C34H40BrF9N6O4S. The Kier molecular flexibility index (Phi) is 15.9. The van der Waals surface area contributed by atoms with Crippen LogP contribution in [0, 0.1) is 0 Å². The molecule has 3 aliphatic heterocycles. The summed E-state index contributed by atoms with van der Waals surface area (Å²) in [5.41, 5.74) is -2.20. The van der Waals surface area contributed by atoms with Gasteiger partial charge in [0.25, 0.3) is 0 Å². The summed E-state index contributed by atoms with van der Waals surface area (Å²) in [5.74, 6) is 1.64. The van der Waals surface area contributed by atoms with Gasteiger partial charge < -0.3 is 19.8 Å². The maximum absolute atomic E-state index is 12.5. The van der Waals surface area contributed by atoms with Crippen LogP contribution >= 0.6 is 15.9 Å². The van der Waals surface area contributed by atoms with Crippen molar-refractivity contribution in [2.24, 2.45) is 0 Å². The number of piperidine rings is 3. The average Bonchev–Trinajstić information content (AvgIpc) is 3.15. The minimum Gasteiger partial charge on any atom is -0.393 e. The van der Waals surface area contributed by atoms with Crippen molar-refractivity contribution in [1.29, 1.82) is 0 Å². The van der Waals surface area contributed by atoms with Gasteiger partial charge in [0.2, 0.25) is 0 Å². The van der Waals surface area contributed by atoms with Crippen LogP contribution in [0.25, 0.3) is 0 Å². The lowest BCUT2D eigenvalue weighted by molar-refractivity contribution is -0.167. The van der Waals surface area contributed by atoms with E-state index in [1.54, 1.807) is 0 Å². The summed E-state index contributed by atoms with van der Waals surface area (Å²) in [6.45, 7) is 4.02. The number of hydrogen-bond donors (Lipinski definition) is 1. The highest BCUT2D eigenvalue weighted by Gasteiger charge is 2.33. The van der Waals surface area contributed by atoms with E-state index in [1.165, 1.54) is 25.3 Å². The first-order valence-electron chi connectivity index (χ1n) is 17.1. The van der Waals surface area contributed by atoms with Crippen molar-refractivity contribution < 1.29 is 58.1 Å². The van der Waals surface area contributed by atoms with Crippen molar-refractivity contribution in [3.63, 3.8) is 0 Å². The quantitative estimate of drug-likeness (QED) is 0.114. The highest BCUT2D eigenvalue weighted by molar-refractivity contribution is 9.09. The van der Waals surface area contributed by atoms with Crippen LogP contribution in [0.15, 0.2) is 55.0 Å². The molecule has 1 unspecified atom stereocenters. The molecule has 1 N–H and O–H groups in total. The van der Waals surface area contributed by atoms with Crippen LogP contribution in [0.2, 0.25) is 0 Å². The third kappa shape index (κ3) is 13.7. The van der Waals surface area contributed by atoms with Crippen LogP contribution in [-0.2, 0) is 38.8 Å². The average molecular weight is 880 g/mol. The second kappa shape index (κ2) is 19.7. The lowest BCUT2D eigenvalue weighted by Crippen LogP contribution is -2.38. The maximum Gasteiger partial charge on any atom is 0.417 e. The standard InChI is InChI=1S/C12H15F3N2O3S.C11H12BrF3N2.C11H13F3N2O/c1-19-20-21(18)10-4-6-17(7-5-10)11-3-2-9(8-16-11)12(13,14)15;12-9-3-5-17(6-4-9)10-2-1-8(7-16-10)11(13,14)15;12-11(13,14)8-1-2-10(15-7-8)16-5-3-9(17)4-6-16/h2-3,8,10H,4-7H2,1H3;1-2,7,9H,3-6H2;1-2,7,9,17H,3-6H2. The number of aromatic nitrogens is 3. The monoisotopic (exact) mass is 878 g/mol. The molecule has 306 valence electrons. The number of aliphatic hydroxyl groups excluding tert-OH is 1. The molecule has 0 radical (unpaired) electrons. The highest BCUT2D eigenvalue weighted by atomic mass is 79.9. The van der Waals surface area contributed by atoms with Crippen LogP contribution in [0.1, 0.15) is 55.2 Å². The number of pyridine rings is 3. The van der Waals surface area contributed by atoms with Crippen molar-refractivity contribution in [1.82, 2.24) is 15.0 Å². The fourth-order valence-corrected chi connectivity index (χ4v) is 7.04. The second-order valence-corrected chi connectivity index (χ2v) is 15.4. The molecule has 3 saturated heterocycles. The summed E-state index contributed by atoms with van der Waals surface area (Å²) in [6, 6.07) is 7.31. The molecule has 3 fully saturated rings. The molecule has 6 heterocycles. The molecule has 1 atom stereocenters. The summed E-state index contributed by atoms with van der Waals surface area (Å²) in [6.07, 6.45) is -6.34. The van der Waals surface area contributed by atoms with Crippen LogP contribution in [0.4, 0.5) is 57.0 Å². The first kappa shape index (κ1) is 44.4. The molecule has 3 aromatic rings. The van der Waals surface area contributed by atoms with Crippen LogP contribution < -0.4 is 14.7 Å². The minimum absolute atomic E-state index is 0.143. The zero-order chi connectivity index (χ0) is 40.4. The predicted molar refractivity (Wildman–Crippen MR) is 191 cm³/mol. The molecule has 0 saturated carbocycles. The van der Waals surface area contributed by atoms with Gasteiger partial charge in [0.1, 0.15) is 17.5 Å². The third-order valence-corrected chi connectivity index (χ3v) is 11.1. The van der Waals surface area contributed by atoms with E-state index in [0.29, 0.717) is 74.1 Å². The smallest absolute Gasteiger partial charge is 0.393 e. The molecule has 3 aliphatic rings. The molecule has 0 amide bonds. The van der Waals surface area contributed by atoms with Gasteiger partial charge in [-0.2, -0.15) is 39.5 Å². The Morgan fingerprint density at radius 2 is 0.945 bits per heavy atom. The van der Waals surface area contributed by atoms with Gasteiger partial charge in [0.15, 0.2) is 11.1 Å². The molecule has 10 nitrogen and oxygen atoms in total. The number of aliphatic hydroxyl groups is 1. The largest absolute Gasteiger partial charge is 0.417 e. The van der Waals surface area contributed by atoms with Gasteiger partial charge in [-0.05, 0) is 74.9 Å². The van der Waals surface area contributed by atoms with Gasteiger partial charge in [-0.3, -0.25) is 0 Å². The number of rotatable bonds is 6. The Morgan fingerprint density at radius 3 is 1.24 bits per heavy atom. The van der Waals surface area contributed by atoms with E-state index in [0.717, 1.165) is 62.7 Å². The molecule has 0 spiro atoms. The molecule has 0 aromatic carbocycles. The molecular weight excluding hydrogens is 839 g/mol. The summed E-state index contributed by atoms with van der Waals surface area (Å²) in [5, 5.41) is 9.19. The molecule has 55 heavy (non-hydrogen) atoms. The van der Waals surface area contributed by atoms with E-state index >= 15 is 0 Å². The number of nitrogens with zero attached hydrogens (tertiary/aromatic N) is 6. The predicted octanol–water partition coefficient (Wildman–Crippen LogP) is 7.84. The van der Waals surface area contributed by atoms with E-state index in [9.17, 15) is 48.8 Å². The van der Waals surface area contributed by atoms with Crippen molar-refractivity contribution in [3.05, 3.63) is 71.7 Å². The fourth-order valence-electron chi connectivity index (χ4n) is 5.79. The zero-order valence-corrected chi connectivity index (χ0v) is 31.9. The molecule has 0 aliphatic carbocycles. The summed E-state index contributed by atoms with van der Waals surface area (Å²) >= 11 is 2.02. The number of halogens is 10. The summed E-state index contributed by atoms with van der Waals surface area (Å²) < 4.78 is 128. The number of alkyl halides is 10. The van der Waals surface area contributed by atoms with Gasteiger partial charge in [-0.25, -0.2) is 24.0 Å². The van der Waals surface area contributed by atoms with E-state index in [-0.39, 0.29) is 11.4 Å². The van der Waals surface area contributed by atoms with E-state index < -0.39 is 46.3 Å². The van der Waals surface area contributed by atoms with E-state index in [4.69, 9.17) is 0 Å².